The van der Waals surface area contributed by atoms with Gasteiger partial charge in [0.15, 0.2) is 0 Å². The van der Waals surface area contributed by atoms with E-state index < -0.39 is 11.9 Å². The van der Waals surface area contributed by atoms with Gasteiger partial charge in [-0.05, 0) is 27.2 Å². The van der Waals surface area contributed by atoms with Crippen LogP contribution >= 0.6 is 0 Å². The molecule has 0 spiro atoms. The molecule has 4 nitrogen and oxygen atoms in total. The van der Waals surface area contributed by atoms with Crippen molar-refractivity contribution in [2.24, 2.45) is 0 Å². The first-order valence-corrected chi connectivity index (χ1v) is 5.92. The van der Waals surface area contributed by atoms with Gasteiger partial charge in [-0.2, -0.15) is 0 Å². The molecule has 1 N–H and O–H groups in total. The maximum absolute atomic E-state index is 11.4. The molecule has 0 aliphatic carbocycles. The quantitative estimate of drug-likeness (QED) is 0.431. The minimum Gasteiger partial charge on any atom is -0.459 e. The fourth-order valence-corrected chi connectivity index (χ4v) is 1.43. The first-order valence-electron chi connectivity index (χ1n) is 5.92. The number of nitrogens with one attached hydrogen (secondary N) is 1. The Morgan fingerprint density at radius 2 is 1.81 bits per heavy atom. The van der Waals surface area contributed by atoms with Gasteiger partial charge in [0.05, 0.1) is 6.61 Å². The normalized spacial score (nSPS) is 11.0. The van der Waals surface area contributed by atoms with Gasteiger partial charge in [0.25, 0.3) is 0 Å². The summed E-state index contributed by atoms with van der Waals surface area (Å²) in [5.74, 6) is -1.45. The highest BCUT2D eigenvalue weighted by Crippen LogP contribution is 2.13. The minimum atomic E-state index is -0.800. The van der Waals surface area contributed by atoms with E-state index in [9.17, 15) is 9.59 Å². The lowest BCUT2D eigenvalue weighted by Crippen LogP contribution is -2.46. The maximum Gasteiger partial charge on any atom is 0.396 e. The first-order chi connectivity index (χ1) is 7.43. The lowest BCUT2D eigenvalue weighted by Gasteiger charge is -2.25. The molecule has 16 heavy (non-hydrogen) atoms. The predicted molar refractivity (Wildman–Crippen MR) is 63.0 cm³/mol. The van der Waals surface area contributed by atoms with Crippen LogP contribution < -0.4 is 5.32 Å². The van der Waals surface area contributed by atoms with Gasteiger partial charge >= 0.3 is 11.9 Å². The number of hydrogen-bond donors (Lipinski definition) is 1. The van der Waals surface area contributed by atoms with Gasteiger partial charge in [0.2, 0.25) is 0 Å². The Morgan fingerprint density at radius 3 is 2.31 bits per heavy atom. The highest BCUT2D eigenvalue weighted by molar-refractivity contribution is 6.32. The van der Waals surface area contributed by atoms with Crippen LogP contribution in [-0.4, -0.2) is 24.0 Å². The van der Waals surface area contributed by atoms with E-state index in [4.69, 9.17) is 0 Å². The van der Waals surface area contributed by atoms with Crippen LogP contribution in [0.15, 0.2) is 0 Å². The van der Waals surface area contributed by atoms with Crippen LogP contribution in [0.2, 0.25) is 0 Å². The fraction of sp³-hybridized carbons (Fsp3) is 0.833. The molecule has 0 aliphatic rings. The summed E-state index contributed by atoms with van der Waals surface area (Å²) < 4.78 is 4.62. The third kappa shape index (κ3) is 6.43. The number of carbonyl (C=O) groups is 2. The van der Waals surface area contributed by atoms with Crippen LogP contribution in [0.1, 0.15) is 53.4 Å². The van der Waals surface area contributed by atoms with Crippen molar-refractivity contribution in [2.45, 2.75) is 58.9 Å². The van der Waals surface area contributed by atoms with Crippen LogP contribution in [0.5, 0.6) is 0 Å². The molecule has 0 aromatic carbocycles. The van der Waals surface area contributed by atoms with Crippen LogP contribution in [0.25, 0.3) is 0 Å². The van der Waals surface area contributed by atoms with Crippen molar-refractivity contribution in [3.05, 3.63) is 0 Å². The highest BCUT2D eigenvalue weighted by Gasteiger charge is 2.24. The van der Waals surface area contributed by atoms with Crippen LogP contribution in [-0.2, 0) is 14.3 Å². The molecule has 0 aromatic rings. The second kappa shape index (κ2) is 7.25. The maximum atomic E-state index is 11.4. The van der Waals surface area contributed by atoms with Gasteiger partial charge in [-0.3, -0.25) is 4.79 Å². The van der Waals surface area contributed by atoms with E-state index in [-0.39, 0.29) is 12.1 Å². The molecular formula is C12H23NO3. The van der Waals surface area contributed by atoms with Crippen molar-refractivity contribution < 1.29 is 14.3 Å². The number of ether oxygens (including phenoxy) is 1. The van der Waals surface area contributed by atoms with E-state index in [0.717, 1.165) is 25.7 Å². The molecule has 94 valence electrons. The molecule has 0 radical (unpaired) electrons. The number of unbranched alkanes of at least 4 members (excludes halogenated alkanes) is 2. The fourth-order valence-electron chi connectivity index (χ4n) is 1.43. The zero-order chi connectivity index (χ0) is 12.6. The standard InChI is InChI=1S/C12H23NO3/c1-5-7-8-9-12(3,4)13-10(14)11(15)16-6-2/h5-9H2,1-4H3,(H,13,14). The van der Waals surface area contributed by atoms with E-state index in [1.165, 1.54) is 0 Å². The number of esters is 1. The molecule has 0 saturated heterocycles. The van der Waals surface area contributed by atoms with E-state index in [1.807, 2.05) is 13.8 Å². The largest absolute Gasteiger partial charge is 0.459 e. The van der Waals surface area contributed by atoms with Crippen molar-refractivity contribution in [1.82, 2.24) is 5.32 Å². The number of carbonyl (C=O) groups excluding carboxylic acids is 2. The van der Waals surface area contributed by atoms with Gasteiger partial charge in [-0.15, -0.1) is 0 Å². The summed E-state index contributed by atoms with van der Waals surface area (Å²) in [5, 5.41) is 2.69. The zero-order valence-corrected chi connectivity index (χ0v) is 10.8. The SMILES string of the molecule is CCCCCC(C)(C)NC(=O)C(=O)OCC. The Balaban J connectivity index is 4.03. The predicted octanol–water partition coefficient (Wildman–Crippen LogP) is 2.02. The monoisotopic (exact) mass is 229 g/mol. The van der Waals surface area contributed by atoms with Gasteiger partial charge in [0.1, 0.15) is 0 Å². The molecule has 0 bridgehead atoms. The molecule has 0 rings (SSSR count). The van der Waals surface area contributed by atoms with Gasteiger partial charge in [-0.1, -0.05) is 26.2 Å². The summed E-state index contributed by atoms with van der Waals surface area (Å²) >= 11 is 0. The zero-order valence-electron chi connectivity index (χ0n) is 10.8. The highest BCUT2D eigenvalue weighted by atomic mass is 16.5. The summed E-state index contributed by atoms with van der Waals surface area (Å²) in [6, 6.07) is 0. The summed E-state index contributed by atoms with van der Waals surface area (Å²) in [5.41, 5.74) is -0.348. The van der Waals surface area contributed by atoms with Gasteiger partial charge in [0, 0.05) is 5.54 Å². The number of rotatable bonds is 6. The summed E-state index contributed by atoms with van der Waals surface area (Å²) in [6.07, 6.45) is 4.19. The molecule has 0 unspecified atom stereocenters. The van der Waals surface area contributed by atoms with E-state index in [2.05, 4.69) is 17.0 Å². The van der Waals surface area contributed by atoms with Gasteiger partial charge in [-0.25, -0.2) is 4.79 Å². The van der Waals surface area contributed by atoms with Crippen LogP contribution in [0, 0.1) is 0 Å². The average Bonchev–Trinajstić information content (AvgIpc) is 2.17. The molecule has 0 aliphatic heterocycles. The Bertz CT molecular complexity index is 236. The average molecular weight is 229 g/mol. The smallest absolute Gasteiger partial charge is 0.396 e. The Morgan fingerprint density at radius 1 is 1.19 bits per heavy atom. The molecule has 1 amide bonds. The minimum absolute atomic E-state index is 0.225. The summed E-state index contributed by atoms with van der Waals surface area (Å²) in [7, 11) is 0. The Hall–Kier alpha value is -1.06. The number of hydrogen-bond acceptors (Lipinski definition) is 3. The molecule has 0 atom stereocenters. The van der Waals surface area contributed by atoms with Crippen molar-refractivity contribution in [2.75, 3.05) is 6.61 Å². The van der Waals surface area contributed by atoms with E-state index in [1.54, 1.807) is 6.92 Å². The Labute approximate surface area is 97.7 Å². The van der Waals surface area contributed by atoms with Crippen LogP contribution in [0.4, 0.5) is 0 Å². The topological polar surface area (TPSA) is 55.4 Å². The second-order valence-electron chi connectivity index (χ2n) is 4.52. The number of amides is 1. The molecule has 4 heteroatoms. The molecule has 0 heterocycles. The van der Waals surface area contributed by atoms with Crippen molar-refractivity contribution in [1.29, 1.82) is 0 Å². The van der Waals surface area contributed by atoms with Gasteiger partial charge < -0.3 is 10.1 Å². The molecule has 0 saturated carbocycles. The van der Waals surface area contributed by atoms with Crippen molar-refractivity contribution >= 4 is 11.9 Å². The van der Waals surface area contributed by atoms with Crippen LogP contribution in [0.3, 0.4) is 0 Å². The van der Waals surface area contributed by atoms with E-state index in [0.29, 0.717) is 0 Å². The third-order valence-electron chi connectivity index (χ3n) is 2.32. The van der Waals surface area contributed by atoms with Crippen molar-refractivity contribution in [3.8, 4) is 0 Å². The lowest BCUT2D eigenvalue weighted by molar-refractivity contribution is -0.155. The van der Waals surface area contributed by atoms with Crippen molar-refractivity contribution in [3.63, 3.8) is 0 Å². The van der Waals surface area contributed by atoms with E-state index >= 15 is 0 Å². The molecule has 0 fully saturated rings. The summed E-state index contributed by atoms with van der Waals surface area (Å²) in [6.45, 7) is 7.86. The Kier molecular flexibility index (Phi) is 6.77. The lowest BCUT2D eigenvalue weighted by atomic mass is 9.97. The first kappa shape index (κ1) is 14.9. The second-order valence-corrected chi connectivity index (χ2v) is 4.52. The molecule has 0 aromatic heterocycles. The molecular weight excluding hydrogens is 206 g/mol. The summed E-state index contributed by atoms with van der Waals surface area (Å²) in [4.78, 5) is 22.5. The third-order valence-corrected chi connectivity index (χ3v) is 2.32.